The van der Waals surface area contributed by atoms with Gasteiger partial charge in [-0.1, -0.05) is 42.5 Å². The first-order chi connectivity index (χ1) is 11.6. The van der Waals surface area contributed by atoms with E-state index in [4.69, 9.17) is 9.42 Å². The maximum atomic E-state index is 6.12. The van der Waals surface area contributed by atoms with E-state index in [0.29, 0.717) is 0 Å². The van der Waals surface area contributed by atoms with Crippen LogP contribution < -0.4 is 4.43 Å². The lowest BCUT2D eigenvalue weighted by molar-refractivity contribution is 0.581. The minimum atomic E-state index is -1.19. The van der Waals surface area contributed by atoms with Gasteiger partial charge in [0.1, 0.15) is 11.4 Å². The van der Waals surface area contributed by atoms with E-state index in [1.54, 1.807) is 11.3 Å². The average molecular weight is 352 g/mol. The van der Waals surface area contributed by atoms with Gasteiger partial charge in [-0.3, -0.25) is 0 Å². The molecular weight excluding hydrogens is 330 g/mol. The average Bonchev–Trinajstić information content (AvgIpc) is 3.08. The number of rotatable bonds is 5. The van der Waals surface area contributed by atoms with Gasteiger partial charge in [0.2, 0.25) is 9.04 Å². The Morgan fingerprint density at radius 3 is 2.46 bits per heavy atom. The summed E-state index contributed by atoms with van der Waals surface area (Å²) in [7, 11) is -1.19. The minimum Gasteiger partial charge on any atom is -0.546 e. The van der Waals surface area contributed by atoms with Gasteiger partial charge in [-0.05, 0) is 49.2 Å². The summed E-state index contributed by atoms with van der Waals surface area (Å²) >= 11 is 1.71. The molecule has 24 heavy (non-hydrogen) atoms. The summed E-state index contributed by atoms with van der Waals surface area (Å²) < 4.78 is 6.12. The summed E-state index contributed by atoms with van der Waals surface area (Å²) in [5.41, 5.74) is 4.20. The van der Waals surface area contributed by atoms with Crippen LogP contribution in [0.3, 0.4) is 0 Å². The Balaban J connectivity index is 2.12. The van der Waals surface area contributed by atoms with Crippen molar-refractivity contribution in [1.29, 1.82) is 0 Å². The van der Waals surface area contributed by atoms with Gasteiger partial charge in [0.05, 0.1) is 10.6 Å². The third kappa shape index (κ3) is 4.02. The zero-order valence-corrected chi connectivity index (χ0v) is 16.2. The van der Waals surface area contributed by atoms with Crippen molar-refractivity contribution >= 4 is 31.8 Å². The number of nitrogens with zero attached hydrogens (tertiary/aromatic N) is 1. The van der Waals surface area contributed by atoms with E-state index in [1.807, 2.05) is 18.2 Å². The molecule has 0 unspecified atom stereocenters. The molecule has 0 aliphatic rings. The van der Waals surface area contributed by atoms with Gasteiger partial charge in [0.25, 0.3) is 0 Å². The molecule has 0 N–H and O–H groups in total. The third-order valence-electron chi connectivity index (χ3n) is 3.51. The molecule has 0 saturated heterocycles. The SMILES string of the molecule is Cc1ccc(N=C(c2ccccc2)c2cccs2)c(O[SiH](C)C)c1. The summed E-state index contributed by atoms with van der Waals surface area (Å²) in [5, 5.41) is 2.08. The second kappa shape index (κ2) is 7.60. The molecule has 1 heterocycles. The molecule has 0 aliphatic carbocycles. The normalized spacial score (nSPS) is 11.8. The van der Waals surface area contributed by atoms with Gasteiger partial charge < -0.3 is 4.43 Å². The lowest BCUT2D eigenvalue weighted by atomic mass is 10.1. The molecule has 0 fully saturated rings. The summed E-state index contributed by atoms with van der Waals surface area (Å²) in [6.45, 7) is 6.43. The molecule has 122 valence electrons. The standard InChI is InChI=1S/C20H21NOSSi/c1-15-11-12-17(18(14-15)22-24(2)3)21-20(19-10-7-13-23-19)16-8-5-4-6-9-16/h4-14,24H,1-3H3. The van der Waals surface area contributed by atoms with Gasteiger partial charge in [-0.15, -0.1) is 11.3 Å². The van der Waals surface area contributed by atoms with Crippen LogP contribution >= 0.6 is 11.3 Å². The lowest BCUT2D eigenvalue weighted by Gasteiger charge is -2.14. The van der Waals surface area contributed by atoms with E-state index in [9.17, 15) is 0 Å². The van der Waals surface area contributed by atoms with E-state index in [-0.39, 0.29) is 0 Å². The minimum absolute atomic E-state index is 0.890. The van der Waals surface area contributed by atoms with Gasteiger partial charge in [0, 0.05) is 5.56 Å². The molecule has 0 saturated carbocycles. The lowest BCUT2D eigenvalue weighted by Crippen LogP contribution is -2.11. The Labute approximate surface area is 149 Å². The predicted octanol–water partition coefficient (Wildman–Crippen LogP) is 5.59. The summed E-state index contributed by atoms with van der Waals surface area (Å²) in [6, 6.07) is 20.7. The van der Waals surface area contributed by atoms with Crippen molar-refractivity contribution in [2.75, 3.05) is 0 Å². The maximum absolute atomic E-state index is 6.12. The second-order valence-corrected chi connectivity index (χ2v) is 9.22. The molecular formula is C20H21NOSSi. The molecule has 0 atom stereocenters. The van der Waals surface area contributed by atoms with Crippen molar-refractivity contribution < 1.29 is 4.43 Å². The number of hydrogen-bond donors (Lipinski definition) is 0. The molecule has 0 spiro atoms. The number of hydrogen-bond acceptors (Lipinski definition) is 3. The van der Waals surface area contributed by atoms with Crippen LogP contribution in [0.5, 0.6) is 5.75 Å². The molecule has 0 amide bonds. The fraction of sp³-hybridized carbons (Fsp3) is 0.150. The predicted molar refractivity (Wildman–Crippen MR) is 107 cm³/mol. The van der Waals surface area contributed by atoms with E-state index >= 15 is 0 Å². The first-order valence-corrected chi connectivity index (χ1v) is 11.7. The Bertz CT molecular complexity index is 826. The van der Waals surface area contributed by atoms with Crippen LogP contribution in [-0.4, -0.2) is 14.8 Å². The van der Waals surface area contributed by atoms with Gasteiger partial charge in [-0.2, -0.15) is 0 Å². The molecule has 0 aliphatic heterocycles. The number of thiophene rings is 1. The molecule has 3 rings (SSSR count). The third-order valence-corrected chi connectivity index (χ3v) is 5.11. The highest BCUT2D eigenvalue weighted by Crippen LogP contribution is 2.31. The van der Waals surface area contributed by atoms with Crippen molar-refractivity contribution in [3.63, 3.8) is 0 Å². The monoisotopic (exact) mass is 351 g/mol. The zero-order chi connectivity index (χ0) is 16.9. The van der Waals surface area contributed by atoms with Crippen LogP contribution in [0.2, 0.25) is 13.1 Å². The zero-order valence-electron chi connectivity index (χ0n) is 14.2. The molecule has 0 bridgehead atoms. The first-order valence-electron chi connectivity index (χ1n) is 8.09. The fourth-order valence-corrected chi connectivity index (χ4v) is 3.89. The van der Waals surface area contributed by atoms with Crippen LogP contribution in [0.15, 0.2) is 71.0 Å². The smallest absolute Gasteiger partial charge is 0.229 e. The molecule has 2 aromatic carbocycles. The van der Waals surface area contributed by atoms with Crippen molar-refractivity contribution in [2.24, 2.45) is 4.99 Å². The van der Waals surface area contributed by atoms with Gasteiger partial charge in [0.15, 0.2) is 0 Å². The highest BCUT2D eigenvalue weighted by molar-refractivity contribution is 7.12. The topological polar surface area (TPSA) is 21.6 Å². The van der Waals surface area contributed by atoms with Crippen LogP contribution in [0.25, 0.3) is 0 Å². The van der Waals surface area contributed by atoms with Crippen molar-refractivity contribution in [2.45, 2.75) is 20.0 Å². The van der Waals surface area contributed by atoms with Crippen molar-refractivity contribution in [3.8, 4) is 5.75 Å². The Morgan fingerprint density at radius 1 is 1.00 bits per heavy atom. The molecule has 2 nitrogen and oxygen atoms in total. The quantitative estimate of drug-likeness (QED) is 0.434. The summed E-state index contributed by atoms with van der Waals surface area (Å²) in [4.78, 5) is 6.15. The summed E-state index contributed by atoms with van der Waals surface area (Å²) in [5.74, 6) is 0.890. The first kappa shape index (κ1) is 16.7. The fourth-order valence-electron chi connectivity index (χ4n) is 2.45. The number of aliphatic imine (C=N–C) groups is 1. The number of benzene rings is 2. The van der Waals surface area contributed by atoms with Gasteiger partial charge in [-0.25, -0.2) is 4.99 Å². The van der Waals surface area contributed by atoms with E-state index < -0.39 is 9.04 Å². The highest BCUT2D eigenvalue weighted by Gasteiger charge is 2.11. The van der Waals surface area contributed by atoms with Crippen LogP contribution in [-0.2, 0) is 0 Å². The molecule has 1 aromatic heterocycles. The van der Waals surface area contributed by atoms with Crippen LogP contribution in [0.1, 0.15) is 16.0 Å². The Hall–Kier alpha value is -2.17. The highest BCUT2D eigenvalue weighted by atomic mass is 32.1. The second-order valence-electron chi connectivity index (χ2n) is 5.94. The summed E-state index contributed by atoms with van der Waals surface area (Å²) in [6.07, 6.45) is 0. The number of aryl methyl sites for hydroxylation is 1. The Kier molecular flexibility index (Phi) is 5.28. The van der Waals surface area contributed by atoms with Crippen molar-refractivity contribution in [3.05, 3.63) is 82.0 Å². The maximum Gasteiger partial charge on any atom is 0.229 e. The van der Waals surface area contributed by atoms with Crippen LogP contribution in [0, 0.1) is 6.92 Å². The molecule has 3 aromatic rings. The molecule has 0 radical (unpaired) electrons. The molecule has 4 heteroatoms. The van der Waals surface area contributed by atoms with E-state index in [0.717, 1.165) is 27.6 Å². The van der Waals surface area contributed by atoms with Gasteiger partial charge >= 0.3 is 0 Å². The van der Waals surface area contributed by atoms with Crippen molar-refractivity contribution in [1.82, 2.24) is 0 Å². The largest absolute Gasteiger partial charge is 0.546 e. The Morgan fingerprint density at radius 2 is 1.79 bits per heavy atom. The van der Waals surface area contributed by atoms with E-state index in [1.165, 1.54) is 5.56 Å². The van der Waals surface area contributed by atoms with E-state index in [2.05, 4.69) is 67.9 Å². The van der Waals surface area contributed by atoms with Crippen LogP contribution in [0.4, 0.5) is 5.69 Å².